The number of alkyl halides is 2. The standard InChI is InChI=1S/C21H18F2N6O4S/c1-28-11-16(26-20(30)15-10-25-29-8-2-7-24-19(15)29)18(27-28)14-9-13(34(31,32)12-3-4-12)5-6-17(14)33-21(22)23/h2,5-12,21H,3-4H2,1H3,(H,26,30). The molecule has 1 N–H and O–H groups in total. The SMILES string of the molecule is Cn1cc(NC(=O)c2cnn3cccnc23)c(-c2cc(S(=O)(=O)C3CC3)ccc2OC(F)F)n1. The maximum Gasteiger partial charge on any atom is 0.387 e. The van der Waals surface area contributed by atoms with Gasteiger partial charge in [-0.2, -0.15) is 19.0 Å². The average Bonchev–Trinajstić information content (AvgIpc) is 3.48. The van der Waals surface area contributed by atoms with Gasteiger partial charge in [-0.05, 0) is 37.1 Å². The quantitative estimate of drug-likeness (QED) is 0.425. The van der Waals surface area contributed by atoms with Gasteiger partial charge in [0.15, 0.2) is 15.5 Å². The van der Waals surface area contributed by atoms with E-state index >= 15 is 0 Å². The zero-order valence-electron chi connectivity index (χ0n) is 17.7. The molecule has 0 radical (unpaired) electrons. The first-order valence-corrected chi connectivity index (χ1v) is 11.7. The van der Waals surface area contributed by atoms with Crippen molar-refractivity contribution >= 4 is 27.1 Å². The van der Waals surface area contributed by atoms with Crippen LogP contribution in [-0.2, 0) is 16.9 Å². The molecule has 176 valence electrons. The van der Waals surface area contributed by atoms with Gasteiger partial charge >= 0.3 is 6.61 Å². The molecular formula is C21H18F2N6O4S. The van der Waals surface area contributed by atoms with E-state index in [-0.39, 0.29) is 33.2 Å². The number of nitrogens with one attached hydrogen (secondary N) is 1. The number of aryl methyl sites for hydroxylation is 1. The van der Waals surface area contributed by atoms with Crippen molar-refractivity contribution in [3.63, 3.8) is 0 Å². The number of carbonyl (C=O) groups is 1. The summed E-state index contributed by atoms with van der Waals surface area (Å²) < 4.78 is 59.1. The largest absolute Gasteiger partial charge is 0.434 e. The van der Waals surface area contributed by atoms with Gasteiger partial charge in [0.2, 0.25) is 0 Å². The van der Waals surface area contributed by atoms with Crippen LogP contribution in [0.15, 0.2) is 53.9 Å². The number of nitrogens with zero attached hydrogens (tertiary/aromatic N) is 5. The van der Waals surface area contributed by atoms with Gasteiger partial charge in [0.25, 0.3) is 5.91 Å². The molecule has 4 aromatic rings. The lowest BCUT2D eigenvalue weighted by atomic mass is 10.1. The van der Waals surface area contributed by atoms with Gasteiger partial charge < -0.3 is 10.1 Å². The molecule has 34 heavy (non-hydrogen) atoms. The molecule has 13 heteroatoms. The molecule has 0 spiro atoms. The van der Waals surface area contributed by atoms with Crippen LogP contribution in [0.5, 0.6) is 5.75 Å². The van der Waals surface area contributed by atoms with Gasteiger partial charge in [-0.15, -0.1) is 0 Å². The highest BCUT2D eigenvalue weighted by Crippen LogP contribution is 2.40. The Balaban J connectivity index is 1.57. The number of fused-ring (bicyclic) bond motifs is 1. The van der Waals surface area contributed by atoms with Crippen LogP contribution in [0.25, 0.3) is 16.9 Å². The van der Waals surface area contributed by atoms with Crippen molar-refractivity contribution in [3.05, 3.63) is 54.6 Å². The van der Waals surface area contributed by atoms with Gasteiger partial charge in [0, 0.05) is 31.2 Å². The molecule has 3 heterocycles. The summed E-state index contributed by atoms with van der Waals surface area (Å²) in [5.74, 6) is -0.822. The van der Waals surface area contributed by atoms with Gasteiger partial charge in [-0.25, -0.2) is 17.9 Å². The minimum absolute atomic E-state index is 0.0101. The van der Waals surface area contributed by atoms with Crippen LogP contribution in [0.2, 0.25) is 0 Å². The molecule has 1 amide bonds. The Hall–Kier alpha value is -3.87. The molecule has 5 rings (SSSR count). The van der Waals surface area contributed by atoms with Gasteiger partial charge in [-0.3, -0.25) is 9.48 Å². The van der Waals surface area contributed by atoms with Crippen molar-refractivity contribution < 1.29 is 26.7 Å². The number of hydrogen-bond acceptors (Lipinski definition) is 7. The van der Waals surface area contributed by atoms with Gasteiger partial charge in [-0.1, -0.05) is 0 Å². The van der Waals surface area contributed by atoms with Crippen LogP contribution in [0, 0.1) is 0 Å². The topological polar surface area (TPSA) is 120 Å². The smallest absolute Gasteiger partial charge is 0.387 e. The van der Waals surface area contributed by atoms with Crippen molar-refractivity contribution in [2.45, 2.75) is 29.6 Å². The molecule has 0 aliphatic heterocycles. The van der Waals surface area contributed by atoms with Crippen molar-refractivity contribution in [2.24, 2.45) is 7.05 Å². The Morgan fingerprint density at radius 2 is 2.09 bits per heavy atom. The number of sulfone groups is 1. The van der Waals surface area contributed by atoms with E-state index in [1.807, 2.05) is 0 Å². The highest BCUT2D eigenvalue weighted by molar-refractivity contribution is 7.92. The average molecular weight is 488 g/mol. The first-order chi connectivity index (χ1) is 16.2. The number of carbonyl (C=O) groups excluding carboxylic acids is 1. The molecule has 1 aromatic carbocycles. The summed E-state index contributed by atoms with van der Waals surface area (Å²) in [5.41, 5.74) is 0.761. The zero-order chi connectivity index (χ0) is 24.0. The number of halogens is 2. The Kier molecular flexibility index (Phi) is 5.27. The van der Waals surface area contributed by atoms with E-state index in [4.69, 9.17) is 0 Å². The summed E-state index contributed by atoms with van der Waals surface area (Å²) in [4.78, 5) is 17.1. The lowest BCUT2D eigenvalue weighted by molar-refractivity contribution is -0.0494. The fraction of sp³-hybridized carbons (Fsp3) is 0.238. The molecule has 0 unspecified atom stereocenters. The fourth-order valence-electron chi connectivity index (χ4n) is 3.60. The lowest BCUT2D eigenvalue weighted by Gasteiger charge is -2.13. The maximum absolute atomic E-state index is 13.1. The number of hydrogen-bond donors (Lipinski definition) is 1. The molecule has 3 aromatic heterocycles. The monoisotopic (exact) mass is 488 g/mol. The first kappa shape index (κ1) is 21.9. The third-order valence-corrected chi connectivity index (χ3v) is 7.57. The molecular weight excluding hydrogens is 470 g/mol. The van der Waals surface area contributed by atoms with Crippen LogP contribution in [0.4, 0.5) is 14.5 Å². The third-order valence-electron chi connectivity index (χ3n) is 5.31. The van der Waals surface area contributed by atoms with E-state index in [0.717, 1.165) is 0 Å². The van der Waals surface area contributed by atoms with Crippen LogP contribution >= 0.6 is 0 Å². The van der Waals surface area contributed by atoms with E-state index < -0.39 is 27.6 Å². The molecule has 10 nitrogen and oxygen atoms in total. The van der Waals surface area contributed by atoms with Crippen LogP contribution < -0.4 is 10.1 Å². The second-order valence-corrected chi connectivity index (χ2v) is 9.97. The lowest BCUT2D eigenvalue weighted by Crippen LogP contribution is -2.13. The summed E-state index contributed by atoms with van der Waals surface area (Å²) in [7, 11) is -2.04. The molecule has 0 saturated heterocycles. The second kappa shape index (κ2) is 8.17. The Labute approximate surface area is 192 Å². The van der Waals surface area contributed by atoms with Crippen LogP contribution in [-0.4, -0.2) is 50.6 Å². The zero-order valence-corrected chi connectivity index (χ0v) is 18.5. The minimum Gasteiger partial charge on any atom is -0.434 e. The van der Waals surface area contributed by atoms with E-state index in [9.17, 15) is 22.0 Å². The summed E-state index contributed by atoms with van der Waals surface area (Å²) in [6, 6.07) is 5.32. The molecule has 1 fully saturated rings. The highest BCUT2D eigenvalue weighted by Gasteiger charge is 2.37. The molecule has 1 saturated carbocycles. The van der Waals surface area contributed by atoms with Crippen molar-refractivity contribution in [2.75, 3.05) is 5.32 Å². The number of amides is 1. The third kappa shape index (κ3) is 3.98. The maximum atomic E-state index is 13.1. The Morgan fingerprint density at radius 3 is 2.82 bits per heavy atom. The molecule has 1 aliphatic carbocycles. The summed E-state index contributed by atoms with van der Waals surface area (Å²) in [6.07, 6.45) is 7.07. The van der Waals surface area contributed by atoms with E-state index in [2.05, 4.69) is 25.2 Å². The summed E-state index contributed by atoms with van der Waals surface area (Å²) in [5, 5.41) is 10.6. The minimum atomic E-state index is -3.61. The van der Waals surface area contributed by atoms with Crippen molar-refractivity contribution in [1.29, 1.82) is 0 Å². The number of aromatic nitrogens is 5. The van der Waals surface area contributed by atoms with Crippen LogP contribution in [0.1, 0.15) is 23.2 Å². The number of rotatable bonds is 7. The number of ether oxygens (including phenoxy) is 1. The Bertz CT molecular complexity index is 1510. The fourth-order valence-corrected chi connectivity index (χ4v) is 5.28. The second-order valence-electron chi connectivity index (χ2n) is 7.75. The molecule has 0 atom stereocenters. The molecule has 0 bridgehead atoms. The van der Waals surface area contributed by atoms with Crippen molar-refractivity contribution in [3.8, 4) is 17.0 Å². The summed E-state index contributed by atoms with van der Waals surface area (Å²) >= 11 is 0. The van der Waals surface area contributed by atoms with E-state index in [1.165, 1.54) is 46.0 Å². The van der Waals surface area contributed by atoms with Crippen molar-refractivity contribution in [1.82, 2.24) is 24.4 Å². The van der Waals surface area contributed by atoms with Gasteiger partial charge in [0.1, 0.15) is 17.0 Å². The summed E-state index contributed by atoms with van der Waals surface area (Å²) in [6.45, 7) is -3.14. The normalized spacial score (nSPS) is 14.0. The number of benzene rings is 1. The predicted octanol–water partition coefficient (Wildman–Crippen LogP) is 2.92. The Morgan fingerprint density at radius 1 is 1.29 bits per heavy atom. The van der Waals surface area contributed by atoms with E-state index in [0.29, 0.717) is 18.5 Å². The van der Waals surface area contributed by atoms with Crippen LogP contribution in [0.3, 0.4) is 0 Å². The van der Waals surface area contributed by atoms with E-state index in [1.54, 1.807) is 19.3 Å². The highest BCUT2D eigenvalue weighted by atomic mass is 32.2. The predicted molar refractivity (Wildman–Crippen MR) is 116 cm³/mol. The number of anilines is 1. The molecule has 1 aliphatic rings. The first-order valence-electron chi connectivity index (χ1n) is 10.2. The van der Waals surface area contributed by atoms with Gasteiger partial charge in [0.05, 0.1) is 22.0 Å².